The van der Waals surface area contributed by atoms with Gasteiger partial charge in [-0.1, -0.05) is 12.1 Å². The standard InChI is InChI=1S/C19H24N2O2/c22-17-5-4-13-10-21(16-11-20-8-6-12(16)7-9-20)19(23)15-3-1-2-14(17)18(13)15/h1-3,12-13,16-17,22H,4-11H2/t13-,16?,17-/m1/s1. The highest BCUT2D eigenvalue weighted by Gasteiger charge is 2.44. The second kappa shape index (κ2) is 5.05. The molecule has 1 aromatic rings. The molecule has 4 aliphatic heterocycles. The van der Waals surface area contributed by atoms with Gasteiger partial charge in [-0.25, -0.2) is 0 Å². The highest BCUT2D eigenvalue weighted by atomic mass is 16.3. The maximum Gasteiger partial charge on any atom is 0.254 e. The molecule has 122 valence electrons. The first-order valence-electron chi connectivity index (χ1n) is 9.06. The molecule has 23 heavy (non-hydrogen) atoms. The van der Waals surface area contributed by atoms with Crippen LogP contribution in [0.3, 0.4) is 0 Å². The van der Waals surface area contributed by atoms with Crippen LogP contribution in [-0.4, -0.2) is 53.0 Å². The summed E-state index contributed by atoms with van der Waals surface area (Å²) in [5, 5.41) is 10.3. The maximum atomic E-state index is 13.2. The van der Waals surface area contributed by atoms with Gasteiger partial charge < -0.3 is 14.9 Å². The van der Waals surface area contributed by atoms with Gasteiger partial charge >= 0.3 is 0 Å². The third kappa shape index (κ3) is 2.01. The van der Waals surface area contributed by atoms with E-state index in [4.69, 9.17) is 0 Å². The Morgan fingerprint density at radius 2 is 1.87 bits per heavy atom. The topological polar surface area (TPSA) is 43.8 Å². The van der Waals surface area contributed by atoms with Crippen molar-refractivity contribution in [3.05, 3.63) is 34.9 Å². The average Bonchev–Trinajstić information content (AvgIpc) is 2.61. The van der Waals surface area contributed by atoms with Crippen molar-refractivity contribution in [1.82, 2.24) is 9.80 Å². The minimum absolute atomic E-state index is 0.200. The molecule has 3 fully saturated rings. The summed E-state index contributed by atoms with van der Waals surface area (Å²) in [5.74, 6) is 1.30. The van der Waals surface area contributed by atoms with Crippen molar-refractivity contribution in [1.29, 1.82) is 0 Å². The largest absolute Gasteiger partial charge is 0.388 e. The average molecular weight is 312 g/mol. The summed E-state index contributed by atoms with van der Waals surface area (Å²) in [6.07, 6.45) is 3.91. The molecule has 1 amide bonds. The Hall–Kier alpha value is -1.39. The van der Waals surface area contributed by atoms with Crippen molar-refractivity contribution in [2.45, 2.75) is 43.7 Å². The Kier molecular flexibility index (Phi) is 3.07. The first kappa shape index (κ1) is 14.0. The second-order valence-electron chi connectivity index (χ2n) is 7.76. The van der Waals surface area contributed by atoms with E-state index in [0.717, 1.165) is 42.6 Å². The number of nitrogens with zero attached hydrogens (tertiary/aromatic N) is 2. The first-order valence-corrected chi connectivity index (χ1v) is 9.06. The van der Waals surface area contributed by atoms with E-state index < -0.39 is 6.10 Å². The number of hydrogen-bond acceptors (Lipinski definition) is 3. The number of carbonyl (C=O) groups is 1. The van der Waals surface area contributed by atoms with Gasteiger partial charge in [0.05, 0.1) is 6.10 Å². The van der Waals surface area contributed by atoms with E-state index in [1.165, 1.54) is 25.9 Å². The molecular formula is C19H24N2O2. The summed E-state index contributed by atoms with van der Waals surface area (Å²) < 4.78 is 0. The molecule has 4 heterocycles. The molecule has 6 rings (SSSR count). The molecular weight excluding hydrogens is 288 g/mol. The van der Waals surface area contributed by atoms with Crippen LogP contribution in [-0.2, 0) is 0 Å². The molecule has 1 N–H and O–H groups in total. The second-order valence-corrected chi connectivity index (χ2v) is 7.76. The van der Waals surface area contributed by atoms with Gasteiger partial charge in [0.2, 0.25) is 0 Å². The molecule has 2 bridgehead atoms. The number of fused-ring (bicyclic) bond motifs is 3. The monoisotopic (exact) mass is 312 g/mol. The van der Waals surface area contributed by atoms with E-state index in [-0.39, 0.29) is 5.91 Å². The van der Waals surface area contributed by atoms with E-state index in [9.17, 15) is 9.90 Å². The number of piperidine rings is 3. The van der Waals surface area contributed by atoms with Gasteiger partial charge in [0, 0.05) is 30.6 Å². The maximum absolute atomic E-state index is 13.2. The summed E-state index contributed by atoms with van der Waals surface area (Å²) in [4.78, 5) is 17.9. The predicted molar refractivity (Wildman–Crippen MR) is 87.4 cm³/mol. The van der Waals surface area contributed by atoms with Gasteiger partial charge in [-0.15, -0.1) is 0 Å². The van der Waals surface area contributed by atoms with Crippen molar-refractivity contribution < 1.29 is 9.90 Å². The SMILES string of the molecule is O=C1c2cccc3c2[C@H](CC[C@H]3O)CN1C1CN2CCC1CC2. The number of amides is 1. The van der Waals surface area contributed by atoms with Gasteiger partial charge in [-0.2, -0.15) is 0 Å². The summed E-state index contributed by atoms with van der Waals surface area (Å²) in [5.41, 5.74) is 3.00. The molecule has 1 aliphatic carbocycles. The predicted octanol–water partition coefficient (Wildman–Crippen LogP) is 2.15. The van der Waals surface area contributed by atoms with Crippen LogP contribution in [0.1, 0.15) is 59.2 Å². The fourth-order valence-electron chi connectivity index (χ4n) is 5.41. The molecule has 0 radical (unpaired) electrons. The number of carbonyl (C=O) groups excluding carboxylic acids is 1. The molecule has 5 aliphatic rings. The van der Waals surface area contributed by atoms with Crippen LogP contribution in [0.5, 0.6) is 0 Å². The smallest absolute Gasteiger partial charge is 0.254 e. The zero-order valence-electron chi connectivity index (χ0n) is 13.4. The normalized spacial score (nSPS) is 38.6. The van der Waals surface area contributed by atoms with Crippen molar-refractivity contribution in [3.8, 4) is 0 Å². The molecule has 1 aromatic carbocycles. The minimum Gasteiger partial charge on any atom is -0.388 e. The Morgan fingerprint density at radius 1 is 1.04 bits per heavy atom. The third-order valence-electron chi connectivity index (χ3n) is 6.63. The number of benzene rings is 1. The lowest BCUT2D eigenvalue weighted by molar-refractivity contribution is 0.00143. The van der Waals surface area contributed by atoms with Crippen molar-refractivity contribution in [2.24, 2.45) is 5.92 Å². The molecule has 1 unspecified atom stereocenters. The van der Waals surface area contributed by atoms with Crippen LogP contribution < -0.4 is 0 Å². The van der Waals surface area contributed by atoms with Crippen molar-refractivity contribution in [3.63, 3.8) is 0 Å². The molecule has 0 spiro atoms. The Balaban J connectivity index is 1.53. The first-order chi connectivity index (χ1) is 11.2. The summed E-state index contributed by atoms with van der Waals surface area (Å²) in [6, 6.07) is 6.32. The molecule has 3 saturated heterocycles. The third-order valence-corrected chi connectivity index (χ3v) is 6.63. The van der Waals surface area contributed by atoms with Gasteiger partial charge in [0.15, 0.2) is 0 Å². The number of aliphatic hydroxyl groups excluding tert-OH is 1. The van der Waals surface area contributed by atoms with Gasteiger partial charge in [0.1, 0.15) is 0 Å². The van der Waals surface area contributed by atoms with Crippen molar-refractivity contribution in [2.75, 3.05) is 26.2 Å². The molecule has 4 nitrogen and oxygen atoms in total. The van der Waals surface area contributed by atoms with Crippen LogP contribution >= 0.6 is 0 Å². The van der Waals surface area contributed by atoms with Gasteiger partial charge in [0.25, 0.3) is 5.91 Å². The van der Waals surface area contributed by atoms with E-state index in [0.29, 0.717) is 17.9 Å². The number of rotatable bonds is 1. The van der Waals surface area contributed by atoms with Crippen LogP contribution in [0.25, 0.3) is 0 Å². The number of aliphatic hydroxyl groups is 1. The van der Waals surface area contributed by atoms with Gasteiger partial charge in [-0.3, -0.25) is 4.79 Å². The Labute approximate surface area is 137 Å². The lowest BCUT2D eigenvalue weighted by Gasteiger charge is -2.51. The van der Waals surface area contributed by atoms with Crippen LogP contribution in [0.15, 0.2) is 18.2 Å². The van der Waals surface area contributed by atoms with E-state index in [1.807, 2.05) is 18.2 Å². The zero-order valence-corrected chi connectivity index (χ0v) is 13.4. The number of hydrogen-bond donors (Lipinski definition) is 1. The fraction of sp³-hybridized carbons (Fsp3) is 0.632. The molecule has 0 aromatic heterocycles. The Bertz CT molecular complexity index is 651. The van der Waals surface area contributed by atoms with E-state index >= 15 is 0 Å². The molecule has 4 heteroatoms. The van der Waals surface area contributed by atoms with Crippen molar-refractivity contribution >= 4 is 5.91 Å². The summed E-state index contributed by atoms with van der Waals surface area (Å²) in [7, 11) is 0. The van der Waals surface area contributed by atoms with Crippen LogP contribution in [0.4, 0.5) is 0 Å². The van der Waals surface area contributed by atoms with E-state index in [1.54, 1.807) is 0 Å². The highest BCUT2D eigenvalue weighted by molar-refractivity contribution is 5.98. The van der Waals surface area contributed by atoms with E-state index in [2.05, 4.69) is 9.80 Å². The highest BCUT2D eigenvalue weighted by Crippen LogP contribution is 2.44. The summed E-state index contributed by atoms with van der Waals surface area (Å²) in [6.45, 7) is 4.32. The molecule has 3 atom stereocenters. The lowest BCUT2D eigenvalue weighted by atomic mass is 9.74. The summed E-state index contributed by atoms with van der Waals surface area (Å²) >= 11 is 0. The van der Waals surface area contributed by atoms with Gasteiger partial charge in [-0.05, 0) is 61.9 Å². The minimum atomic E-state index is -0.391. The fourth-order valence-corrected chi connectivity index (χ4v) is 5.41. The lowest BCUT2D eigenvalue weighted by Crippen LogP contribution is -2.60. The molecule has 0 saturated carbocycles. The Morgan fingerprint density at radius 3 is 2.61 bits per heavy atom. The quantitative estimate of drug-likeness (QED) is 0.864. The van der Waals surface area contributed by atoms with Crippen LogP contribution in [0, 0.1) is 5.92 Å². The van der Waals surface area contributed by atoms with Crippen LogP contribution in [0.2, 0.25) is 0 Å². The zero-order chi connectivity index (χ0) is 15.6.